The molecule has 1 aliphatic rings. The highest BCUT2D eigenvalue weighted by Gasteiger charge is 2.19. The molecule has 0 amide bonds. The average molecular weight is 163 g/mol. The summed E-state index contributed by atoms with van der Waals surface area (Å²) in [5.74, 6) is 0.961. The molecule has 0 saturated carbocycles. The van der Waals surface area contributed by atoms with Crippen molar-refractivity contribution < 1.29 is 0 Å². The van der Waals surface area contributed by atoms with Gasteiger partial charge < -0.3 is 10.6 Å². The van der Waals surface area contributed by atoms with Crippen LogP contribution in [0.5, 0.6) is 0 Å². The Labute approximate surface area is 72.2 Å². The van der Waals surface area contributed by atoms with Crippen molar-refractivity contribution in [1.82, 2.24) is 4.98 Å². The Kier molecular flexibility index (Phi) is 1.64. The molecule has 2 rings (SSSR count). The summed E-state index contributed by atoms with van der Waals surface area (Å²) in [5, 5.41) is 6.72. The van der Waals surface area contributed by atoms with E-state index in [1.807, 2.05) is 12.1 Å². The maximum atomic E-state index is 4.23. The van der Waals surface area contributed by atoms with E-state index in [-0.39, 0.29) is 0 Å². The van der Waals surface area contributed by atoms with E-state index in [0.717, 1.165) is 11.5 Å². The van der Waals surface area contributed by atoms with Crippen molar-refractivity contribution in [2.45, 2.75) is 25.9 Å². The summed E-state index contributed by atoms with van der Waals surface area (Å²) >= 11 is 0. The third-order valence-corrected chi connectivity index (χ3v) is 2.31. The maximum absolute atomic E-state index is 4.23. The van der Waals surface area contributed by atoms with Crippen LogP contribution in [0.1, 0.15) is 13.8 Å². The van der Waals surface area contributed by atoms with Crippen molar-refractivity contribution in [3.63, 3.8) is 0 Å². The molecule has 64 valence electrons. The Morgan fingerprint density at radius 2 is 2.00 bits per heavy atom. The first-order valence-electron chi connectivity index (χ1n) is 4.25. The van der Waals surface area contributed by atoms with Crippen LogP contribution in [0.2, 0.25) is 0 Å². The highest BCUT2D eigenvalue weighted by molar-refractivity contribution is 5.67. The van der Waals surface area contributed by atoms with Crippen LogP contribution in [0.25, 0.3) is 0 Å². The van der Waals surface area contributed by atoms with Gasteiger partial charge in [-0.25, -0.2) is 4.98 Å². The molecule has 0 radical (unpaired) electrons. The van der Waals surface area contributed by atoms with Crippen LogP contribution in [0.4, 0.5) is 11.5 Å². The molecule has 0 bridgehead atoms. The molecule has 0 aromatic carbocycles. The minimum atomic E-state index is 0.437. The second-order valence-corrected chi connectivity index (χ2v) is 3.27. The zero-order valence-electron chi connectivity index (χ0n) is 7.33. The number of nitrogens with one attached hydrogen (secondary N) is 2. The quantitative estimate of drug-likeness (QED) is 0.611. The van der Waals surface area contributed by atoms with E-state index in [1.165, 1.54) is 0 Å². The molecule has 2 heterocycles. The van der Waals surface area contributed by atoms with Crippen molar-refractivity contribution in [2.75, 3.05) is 10.6 Å². The minimum absolute atomic E-state index is 0.437. The maximum Gasteiger partial charge on any atom is 0.149 e. The van der Waals surface area contributed by atoms with E-state index in [1.54, 1.807) is 6.20 Å². The van der Waals surface area contributed by atoms with Crippen molar-refractivity contribution in [1.29, 1.82) is 0 Å². The van der Waals surface area contributed by atoms with Gasteiger partial charge in [0.05, 0.1) is 5.69 Å². The fourth-order valence-electron chi connectivity index (χ4n) is 1.35. The Bertz CT molecular complexity index is 256. The van der Waals surface area contributed by atoms with Gasteiger partial charge in [-0.15, -0.1) is 0 Å². The van der Waals surface area contributed by atoms with Crippen LogP contribution >= 0.6 is 0 Å². The van der Waals surface area contributed by atoms with Crippen LogP contribution in [0.15, 0.2) is 18.3 Å². The van der Waals surface area contributed by atoms with Gasteiger partial charge in [-0.3, -0.25) is 0 Å². The summed E-state index contributed by atoms with van der Waals surface area (Å²) in [7, 11) is 0. The largest absolute Gasteiger partial charge is 0.378 e. The Morgan fingerprint density at radius 3 is 2.83 bits per heavy atom. The van der Waals surface area contributed by atoms with E-state index in [0.29, 0.717) is 12.1 Å². The lowest BCUT2D eigenvalue weighted by atomic mass is 10.1. The zero-order valence-corrected chi connectivity index (χ0v) is 7.33. The number of hydrogen-bond acceptors (Lipinski definition) is 3. The number of nitrogens with zero attached hydrogens (tertiary/aromatic N) is 1. The van der Waals surface area contributed by atoms with Crippen LogP contribution in [0.3, 0.4) is 0 Å². The lowest BCUT2D eigenvalue weighted by molar-refractivity contribution is 0.659. The number of fused-ring (bicyclic) bond motifs is 1. The molecular weight excluding hydrogens is 150 g/mol. The second-order valence-electron chi connectivity index (χ2n) is 3.27. The summed E-state index contributed by atoms with van der Waals surface area (Å²) in [6, 6.07) is 4.88. The lowest BCUT2D eigenvalue weighted by Crippen LogP contribution is -2.39. The van der Waals surface area contributed by atoms with Crippen molar-refractivity contribution >= 4 is 11.5 Å². The van der Waals surface area contributed by atoms with Gasteiger partial charge in [0.1, 0.15) is 5.82 Å². The normalized spacial score (nSPS) is 26.8. The van der Waals surface area contributed by atoms with Gasteiger partial charge in [0.2, 0.25) is 0 Å². The predicted molar refractivity (Wildman–Crippen MR) is 50.4 cm³/mol. The topological polar surface area (TPSA) is 37.0 Å². The molecule has 0 spiro atoms. The van der Waals surface area contributed by atoms with Crippen molar-refractivity contribution in [2.24, 2.45) is 0 Å². The van der Waals surface area contributed by atoms with Crippen LogP contribution in [0, 0.1) is 0 Å². The van der Waals surface area contributed by atoms with E-state index < -0.39 is 0 Å². The molecule has 0 aliphatic carbocycles. The fraction of sp³-hybridized carbons (Fsp3) is 0.444. The first-order valence-corrected chi connectivity index (χ1v) is 4.25. The summed E-state index contributed by atoms with van der Waals surface area (Å²) in [5.41, 5.74) is 1.10. The monoisotopic (exact) mass is 163 g/mol. The molecule has 0 unspecified atom stereocenters. The minimum Gasteiger partial charge on any atom is -0.378 e. The first kappa shape index (κ1) is 7.40. The molecule has 0 saturated heterocycles. The van der Waals surface area contributed by atoms with E-state index in [2.05, 4.69) is 29.5 Å². The third kappa shape index (κ3) is 1.11. The van der Waals surface area contributed by atoms with Gasteiger partial charge in [-0.2, -0.15) is 0 Å². The van der Waals surface area contributed by atoms with Crippen molar-refractivity contribution in [3.8, 4) is 0 Å². The summed E-state index contributed by atoms with van der Waals surface area (Å²) in [6.07, 6.45) is 1.80. The van der Waals surface area contributed by atoms with Gasteiger partial charge in [-0.1, -0.05) is 0 Å². The van der Waals surface area contributed by atoms with Crippen LogP contribution in [-0.2, 0) is 0 Å². The highest BCUT2D eigenvalue weighted by atomic mass is 15.1. The molecule has 3 heteroatoms. The number of rotatable bonds is 0. The highest BCUT2D eigenvalue weighted by Crippen LogP contribution is 2.24. The summed E-state index contributed by atoms with van der Waals surface area (Å²) in [6.45, 7) is 4.31. The Balaban J connectivity index is 2.34. The third-order valence-electron chi connectivity index (χ3n) is 2.31. The molecule has 12 heavy (non-hydrogen) atoms. The van der Waals surface area contributed by atoms with Crippen LogP contribution < -0.4 is 10.6 Å². The predicted octanol–water partition coefficient (Wildman–Crippen LogP) is 1.70. The Hall–Kier alpha value is -1.25. The average Bonchev–Trinajstić information content (AvgIpc) is 2.07. The Morgan fingerprint density at radius 1 is 1.25 bits per heavy atom. The van der Waals surface area contributed by atoms with E-state index >= 15 is 0 Å². The SMILES string of the molecule is C[C@H]1Nc2cccnc2N[C@@H]1C. The molecule has 1 aromatic rings. The molecule has 2 atom stereocenters. The van der Waals surface area contributed by atoms with E-state index in [4.69, 9.17) is 0 Å². The van der Waals surface area contributed by atoms with Gasteiger partial charge in [0.25, 0.3) is 0 Å². The standard InChI is InChI=1S/C9H13N3/c1-6-7(2)12-9-8(11-6)4-3-5-10-9/h3-7,11H,1-2H3,(H,10,12)/t6-,7-/m1/s1. The second kappa shape index (κ2) is 2.66. The number of anilines is 2. The van der Waals surface area contributed by atoms with Gasteiger partial charge >= 0.3 is 0 Å². The van der Waals surface area contributed by atoms with Gasteiger partial charge in [0.15, 0.2) is 0 Å². The molecule has 0 fully saturated rings. The number of aromatic nitrogens is 1. The lowest BCUT2D eigenvalue weighted by Gasteiger charge is -2.30. The zero-order chi connectivity index (χ0) is 8.55. The smallest absolute Gasteiger partial charge is 0.149 e. The van der Waals surface area contributed by atoms with Gasteiger partial charge in [0, 0.05) is 18.3 Å². The van der Waals surface area contributed by atoms with Crippen LogP contribution in [-0.4, -0.2) is 17.1 Å². The molecule has 1 aliphatic heterocycles. The molecule has 1 aromatic heterocycles. The fourth-order valence-corrected chi connectivity index (χ4v) is 1.35. The number of hydrogen-bond donors (Lipinski definition) is 2. The first-order chi connectivity index (χ1) is 5.77. The van der Waals surface area contributed by atoms with Crippen molar-refractivity contribution in [3.05, 3.63) is 18.3 Å². The molecule has 3 nitrogen and oxygen atoms in total. The number of pyridine rings is 1. The summed E-state index contributed by atoms with van der Waals surface area (Å²) < 4.78 is 0. The molecular formula is C9H13N3. The summed E-state index contributed by atoms with van der Waals surface area (Å²) in [4.78, 5) is 4.23. The molecule has 2 N–H and O–H groups in total. The van der Waals surface area contributed by atoms with Gasteiger partial charge in [-0.05, 0) is 26.0 Å². The van der Waals surface area contributed by atoms with E-state index in [9.17, 15) is 0 Å².